The number of benzene rings is 1. The van der Waals surface area contributed by atoms with Crippen LogP contribution in [0, 0.1) is 34.5 Å². The second-order valence-electron chi connectivity index (χ2n) is 14.8. The summed E-state index contributed by atoms with van der Waals surface area (Å²) in [5, 5.41) is 23.0. The summed E-state index contributed by atoms with van der Waals surface area (Å²) in [7, 11) is 0. The standard InChI is InChI=1S/C35H44O13/c1-17-13-34(43)25(26(17)47-29(42)21-11-9-8-10-12-21)28(46-24(40)16-36)35(48-20(4)39)14-22-23(15-32(5,6)27(22)41)33(7,30(34)44-18(2)37)31(35)45-19(3)38/h8-12,17,22-23,25-26,28,30-31,36,43H,13-16H2,1-7H3/t17-,22?,23?,25+,26-,28+,30+,31-,33+,34+,35+/m0/s1. The number of esters is 5. The maximum atomic E-state index is 14.1. The summed E-state index contributed by atoms with van der Waals surface area (Å²) in [5.41, 5.74) is -6.71. The summed E-state index contributed by atoms with van der Waals surface area (Å²) in [6, 6.07) is 8.06. The second kappa shape index (κ2) is 12.2. The molecule has 0 aliphatic heterocycles. The molecule has 48 heavy (non-hydrogen) atoms. The summed E-state index contributed by atoms with van der Waals surface area (Å²) >= 11 is 0. The van der Waals surface area contributed by atoms with Crippen LogP contribution in [0.4, 0.5) is 0 Å². The Morgan fingerprint density at radius 1 is 0.833 bits per heavy atom. The number of rotatable bonds is 7. The Bertz CT molecular complexity index is 1500. The molecule has 5 rings (SSSR count). The maximum Gasteiger partial charge on any atom is 0.338 e. The number of hydrogen-bond donors (Lipinski definition) is 2. The van der Waals surface area contributed by atoms with E-state index in [1.54, 1.807) is 45.9 Å². The Labute approximate surface area is 278 Å². The van der Waals surface area contributed by atoms with Gasteiger partial charge >= 0.3 is 29.8 Å². The van der Waals surface area contributed by atoms with Crippen molar-refractivity contribution in [1.82, 2.24) is 0 Å². The molecule has 1 aromatic carbocycles. The zero-order valence-corrected chi connectivity index (χ0v) is 28.2. The summed E-state index contributed by atoms with van der Waals surface area (Å²) in [5.74, 6) is -8.37. The van der Waals surface area contributed by atoms with Crippen molar-refractivity contribution in [3.63, 3.8) is 0 Å². The predicted octanol–water partition coefficient (Wildman–Crippen LogP) is 2.32. The SMILES string of the molecule is CC(=O)O[C@@H]1[C@@]2(OC(C)=O)CC3C(=O)C(C)(C)CC3[C@]1(C)[C@@H](OC(C)=O)[C@@]1(O)C[C@H](C)[C@H](OC(=O)c3ccccc3)[C@@H]1[C@H]2OC(=O)CO. The molecule has 13 nitrogen and oxygen atoms in total. The maximum absolute atomic E-state index is 14.1. The molecular weight excluding hydrogens is 628 g/mol. The Morgan fingerprint density at radius 3 is 2.00 bits per heavy atom. The minimum absolute atomic E-state index is 0.164. The molecule has 11 atom stereocenters. The van der Waals surface area contributed by atoms with Crippen LogP contribution in [0.2, 0.25) is 0 Å². The van der Waals surface area contributed by atoms with E-state index in [0.29, 0.717) is 0 Å². The summed E-state index contributed by atoms with van der Waals surface area (Å²) < 4.78 is 30.3. The molecule has 1 aromatic rings. The molecule has 2 bridgehead atoms. The van der Waals surface area contributed by atoms with Gasteiger partial charge in [0, 0.05) is 38.5 Å². The number of carbonyl (C=O) groups is 6. The van der Waals surface area contributed by atoms with Gasteiger partial charge in [0.15, 0.2) is 17.8 Å². The normalized spacial score (nSPS) is 39.2. The van der Waals surface area contributed by atoms with Gasteiger partial charge in [0.05, 0.1) is 16.9 Å². The number of ether oxygens (including phenoxy) is 5. The van der Waals surface area contributed by atoms with Gasteiger partial charge in [-0.15, -0.1) is 0 Å². The minimum Gasteiger partial charge on any atom is -0.459 e. The lowest BCUT2D eigenvalue weighted by Crippen LogP contribution is -2.70. The van der Waals surface area contributed by atoms with Gasteiger partial charge in [0.25, 0.3) is 0 Å². The van der Waals surface area contributed by atoms with E-state index in [4.69, 9.17) is 23.7 Å². The van der Waals surface area contributed by atoms with Crippen LogP contribution in [0.5, 0.6) is 0 Å². The van der Waals surface area contributed by atoms with Crippen molar-refractivity contribution >= 4 is 35.6 Å². The van der Waals surface area contributed by atoms with Crippen molar-refractivity contribution in [3.05, 3.63) is 35.9 Å². The lowest BCUT2D eigenvalue weighted by atomic mass is 9.53. The van der Waals surface area contributed by atoms with Crippen molar-refractivity contribution in [3.8, 4) is 0 Å². The molecule has 4 aliphatic rings. The number of Topliss-reactive ketones (excluding diaryl/α,β-unsaturated/α-hetero) is 1. The van der Waals surface area contributed by atoms with E-state index < -0.39 is 107 Å². The van der Waals surface area contributed by atoms with Crippen molar-refractivity contribution in [2.75, 3.05) is 6.61 Å². The zero-order valence-electron chi connectivity index (χ0n) is 28.2. The summed E-state index contributed by atoms with van der Waals surface area (Å²) in [4.78, 5) is 79.8. The highest BCUT2D eigenvalue weighted by Gasteiger charge is 2.82. The molecule has 4 saturated carbocycles. The predicted molar refractivity (Wildman–Crippen MR) is 164 cm³/mol. The third-order valence-electron chi connectivity index (χ3n) is 11.1. The first-order valence-corrected chi connectivity index (χ1v) is 16.2. The Kier molecular flexibility index (Phi) is 9.05. The van der Waals surface area contributed by atoms with E-state index in [2.05, 4.69) is 0 Å². The topological polar surface area (TPSA) is 189 Å². The number of ketones is 1. The monoisotopic (exact) mass is 672 g/mol. The zero-order chi connectivity index (χ0) is 35.6. The molecular formula is C35H44O13. The molecule has 0 heterocycles. The Morgan fingerprint density at radius 2 is 1.44 bits per heavy atom. The molecule has 0 aromatic heterocycles. The van der Waals surface area contributed by atoms with Crippen LogP contribution in [0.25, 0.3) is 0 Å². The number of aliphatic hydroxyl groups is 2. The number of hydrogen-bond acceptors (Lipinski definition) is 13. The quantitative estimate of drug-likeness (QED) is 0.318. The number of aliphatic hydroxyl groups excluding tert-OH is 1. The van der Waals surface area contributed by atoms with Gasteiger partial charge in [-0.2, -0.15) is 0 Å². The molecule has 2 N–H and O–H groups in total. The first-order valence-electron chi connectivity index (χ1n) is 16.2. The van der Waals surface area contributed by atoms with Crippen molar-refractivity contribution in [2.45, 2.75) is 103 Å². The fourth-order valence-electron chi connectivity index (χ4n) is 9.62. The van der Waals surface area contributed by atoms with E-state index in [9.17, 15) is 39.0 Å². The minimum atomic E-state index is -2.18. The van der Waals surface area contributed by atoms with Gasteiger partial charge in [-0.3, -0.25) is 19.2 Å². The lowest BCUT2D eigenvalue weighted by molar-refractivity contribution is -0.269. The van der Waals surface area contributed by atoms with Gasteiger partial charge in [-0.05, 0) is 36.8 Å². The van der Waals surface area contributed by atoms with Crippen LogP contribution in [0.1, 0.15) is 78.1 Å². The molecule has 2 unspecified atom stereocenters. The van der Waals surface area contributed by atoms with Gasteiger partial charge in [-0.1, -0.05) is 45.9 Å². The Balaban J connectivity index is 1.86. The molecule has 13 heteroatoms. The van der Waals surface area contributed by atoms with E-state index in [0.717, 1.165) is 20.8 Å². The third kappa shape index (κ3) is 5.48. The second-order valence-corrected chi connectivity index (χ2v) is 14.8. The molecule has 262 valence electrons. The third-order valence-corrected chi connectivity index (χ3v) is 11.1. The van der Waals surface area contributed by atoms with Gasteiger partial charge in [-0.25, -0.2) is 9.59 Å². The van der Waals surface area contributed by atoms with Gasteiger partial charge in [0.1, 0.15) is 30.2 Å². The van der Waals surface area contributed by atoms with E-state index in [1.165, 1.54) is 12.1 Å². The first-order chi connectivity index (χ1) is 22.3. The van der Waals surface area contributed by atoms with Crippen LogP contribution in [-0.4, -0.2) is 88.1 Å². The number of carbonyl (C=O) groups excluding carboxylic acids is 6. The smallest absolute Gasteiger partial charge is 0.338 e. The molecule has 0 amide bonds. The Hall–Kier alpha value is -3.84. The average molecular weight is 673 g/mol. The first kappa shape index (κ1) is 35.5. The molecule has 4 fully saturated rings. The molecule has 0 radical (unpaired) electrons. The highest BCUT2D eigenvalue weighted by molar-refractivity contribution is 5.90. The van der Waals surface area contributed by atoms with Crippen molar-refractivity contribution in [1.29, 1.82) is 0 Å². The van der Waals surface area contributed by atoms with E-state index >= 15 is 0 Å². The van der Waals surface area contributed by atoms with Crippen molar-refractivity contribution in [2.24, 2.45) is 34.5 Å². The van der Waals surface area contributed by atoms with Crippen molar-refractivity contribution < 1.29 is 62.7 Å². The largest absolute Gasteiger partial charge is 0.459 e. The summed E-state index contributed by atoms with van der Waals surface area (Å²) in [6.45, 7) is 9.09. The molecule has 0 spiro atoms. The van der Waals surface area contributed by atoms with E-state index in [1.807, 2.05) is 0 Å². The van der Waals surface area contributed by atoms with Crippen LogP contribution < -0.4 is 0 Å². The highest BCUT2D eigenvalue weighted by atomic mass is 16.6. The fraction of sp³-hybridized carbons (Fsp3) is 0.657. The van der Waals surface area contributed by atoms with Crippen LogP contribution in [0.3, 0.4) is 0 Å². The number of fused-ring (bicyclic) bond motifs is 5. The van der Waals surface area contributed by atoms with Crippen LogP contribution in [-0.2, 0) is 47.7 Å². The molecule has 0 saturated heterocycles. The van der Waals surface area contributed by atoms with Crippen LogP contribution in [0.15, 0.2) is 30.3 Å². The molecule has 4 aliphatic carbocycles. The fourth-order valence-corrected chi connectivity index (χ4v) is 9.62. The highest BCUT2D eigenvalue weighted by Crippen LogP contribution is 2.69. The average Bonchev–Trinajstić information content (AvgIpc) is 3.38. The summed E-state index contributed by atoms with van der Waals surface area (Å²) in [6.07, 6.45) is -6.36. The lowest BCUT2D eigenvalue weighted by Gasteiger charge is -2.58. The van der Waals surface area contributed by atoms with Gasteiger partial charge < -0.3 is 33.9 Å². The van der Waals surface area contributed by atoms with E-state index in [-0.39, 0.29) is 30.6 Å². The van der Waals surface area contributed by atoms with Crippen LogP contribution >= 0.6 is 0 Å². The van der Waals surface area contributed by atoms with Gasteiger partial charge in [0.2, 0.25) is 0 Å².